The van der Waals surface area contributed by atoms with Crippen molar-refractivity contribution >= 4 is 28.3 Å². The molecule has 2 aliphatic heterocycles. The summed E-state index contributed by atoms with van der Waals surface area (Å²) < 4.78 is 1.63. The van der Waals surface area contributed by atoms with E-state index in [1.807, 2.05) is 18.2 Å². The zero-order chi connectivity index (χ0) is 19.6. The summed E-state index contributed by atoms with van der Waals surface area (Å²) in [6, 6.07) is 14.1. The number of aromatic nitrogens is 2. The Morgan fingerprint density at radius 2 is 2.00 bits per heavy atom. The van der Waals surface area contributed by atoms with Gasteiger partial charge in [0.25, 0.3) is 0 Å². The van der Waals surface area contributed by atoms with Crippen LogP contribution in [-0.2, 0) is 12.0 Å². The number of likely N-dealkylation sites (tertiary alicyclic amines) is 1. The predicted octanol–water partition coefficient (Wildman–Crippen LogP) is 4.02. The van der Waals surface area contributed by atoms with Crippen LogP contribution in [0.3, 0.4) is 0 Å². The molecule has 1 spiro atoms. The average Bonchev–Trinajstić information content (AvgIpc) is 3.07. The monoisotopic (exact) mass is 391 g/mol. The highest BCUT2D eigenvalue weighted by molar-refractivity contribution is 6.31. The van der Waals surface area contributed by atoms with Gasteiger partial charge in [0, 0.05) is 35.2 Å². The number of para-hydroxylation sites is 1. The molecule has 2 N–H and O–H groups in total. The second kappa shape index (κ2) is 5.79. The van der Waals surface area contributed by atoms with Crippen LogP contribution in [-0.4, -0.2) is 27.6 Å². The number of nitrogens with two attached hydrogens (primary N) is 1. The molecular weight excluding hydrogens is 370 g/mol. The van der Waals surface area contributed by atoms with Crippen LogP contribution in [0.25, 0.3) is 11.0 Å². The van der Waals surface area contributed by atoms with Crippen molar-refractivity contribution < 1.29 is 0 Å². The van der Waals surface area contributed by atoms with Crippen LogP contribution in [0.2, 0.25) is 5.02 Å². The fourth-order valence-corrected chi connectivity index (χ4v) is 4.62. The second-order valence-electron chi connectivity index (χ2n) is 7.75. The van der Waals surface area contributed by atoms with Gasteiger partial charge >= 0.3 is 0 Å². The molecule has 0 atom stereocenters. The maximum absolute atomic E-state index is 6.35. The molecule has 2 aromatic carbocycles. The molecule has 0 aliphatic carbocycles. The number of anilines is 1. The molecule has 5 nitrogen and oxygen atoms in total. The fourth-order valence-electron chi connectivity index (χ4n) is 4.45. The van der Waals surface area contributed by atoms with Gasteiger partial charge in [-0.1, -0.05) is 43.0 Å². The third-order valence-corrected chi connectivity index (χ3v) is 6.31. The summed E-state index contributed by atoms with van der Waals surface area (Å²) in [6.45, 7) is 13.0. The molecular formula is C22H22ClN5. The fraction of sp³-hybridized carbons (Fsp3) is 0.227. The van der Waals surface area contributed by atoms with E-state index in [4.69, 9.17) is 22.4 Å². The average molecular weight is 392 g/mol. The molecule has 0 unspecified atom stereocenters. The topological polar surface area (TPSA) is 50.3 Å². The molecule has 28 heavy (non-hydrogen) atoms. The number of fused-ring (bicyclic) bond motifs is 3. The lowest BCUT2D eigenvalue weighted by Gasteiger charge is -2.50. The molecule has 1 fully saturated rings. The van der Waals surface area contributed by atoms with Crippen LogP contribution in [0, 0.1) is 0 Å². The highest BCUT2D eigenvalue weighted by Gasteiger charge is 2.54. The Morgan fingerprint density at radius 1 is 1.25 bits per heavy atom. The van der Waals surface area contributed by atoms with Crippen molar-refractivity contribution in [3.05, 3.63) is 83.4 Å². The van der Waals surface area contributed by atoms with Crippen molar-refractivity contribution in [1.29, 1.82) is 0 Å². The number of imidazole rings is 1. The van der Waals surface area contributed by atoms with Gasteiger partial charge in [-0.2, -0.15) is 0 Å². The van der Waals surface area contributed by atoms with Crippen molar-refractivity contribution in [2.45, 2.75) is 18.9 Å². The van der Waals surface area contributed by atoms with E-state index in [9.17, 15) is 0 Å². The number of benzene rings is 2. The predicted molar refractivity (Wildman–Crippen MR) is 115 cm³/mol. The van der Waals surface area contributed by atoms with E-state index >= 15 is 0 Å². The highest BCUT2D eigenvalue weighted by atomic mass is 35.5. The van der Waals surface area contributed by atoms with E-state index in [1.54, 1.807) is 4.68 Å². The Balaban J connectivity index is 1.54. The third kappa shape index (κ3) is 2.23. The summed E-state index contributed by atoms with van der Waals surface area (Å²) in [6.07, 6.45) is 0. The molecule has 0 saturated carbocycles. The zero-order valence-corrected chi connectivity index (χ0v) is 16.6. The van der Waals surface area contributed by atoms with Gasteiger partial charge < -0.3 is 15.6 Å². The molecule has 0 bridgehead atoms. The Morgan fingerprint density at radius 3 is 2.75 bits per heavy atom. The standard InChI is InChI=1S/C22H22ClN5/c1-14(2)26-12-22(13-26)15(3)27(19-7-5-4-6-17(19)22)11-21-25-18-9-8-16(23)10-20(18)28(21)24/h4-10H,1,3,11-13,24H2,2H3. The molecule has 5 rings (SSSR count). The summed E-state index contributed by atoms with van der Waals surface area (Å²) >= 11 is 6.13. The van der Waals surface area contributed by atoms with Gasteiger partial charge in [-0.15, -0.1) is 0 Å². The smallest absolute Gasteiger partial charge is 0.148 e. The lowest BCUT2D eigenvalue weighted by molar-refractivity contribution is 0.136. The molecule has 1 saturated heterocycles. The SMILES string of the molecule is C=C(C)N1CC2(C1)C(=C)N(Cc1nc3ccc(Cl)cc3n1N)c1ccccc12. The van der Waals surface area contributed by atoms with Gasteiger partial charge in [0.2, 0.25) is 0 Å². The number of halogens is 1. The van der Waals surface area contributed by atoms with Crippen LogP contribution >= 0.6 is 11.6 Å². The molecule has 3 heterocycles. The van der Waals surface area contributed by atoms with Crippen LogP contribution < -0.4 is 10.7 Å². The van der Waals surface area contributed by atoms with Crippen molar-refractivity contribution in [3.8, 4) is 0 Å². The van der Waals surface area contributed by atoms with Gasteiger partial charge in [-0.25, -0.2) is 9.66 Å². The summed E-state index contributed by atoms with van der Waals surface area (Å²) in [7, 11) is 0. The first-order valence-corrected chi connectivity index (χ1v) is 9.67. The molecule has 142 valence electrons. The number of nitrogen functional groups attached to an aromatic ring is 1. The van der Waals surface area contributed by atoms with Crippen molar-refractivity contribution in [1.82, 2.24) is 14.6 Å². The molecule has 1 aromatic heterocycles. The van der Waals surface area contributed by atoms with Gasteiger partial charge in [0.15, 0.2) is 0 Å². The van der Waals surface area contributed by atoms with E-state index in [1.165, 1.54) is 11.3 Å². The zero-order valence-electron chi connectivity index (χ0n) is 15.8. The minimum Gasteiger partial charge on any atom is -0.373 e. The first kappa shape index (κ1) is 17.2. The minimum absolute atomic E-state index is 0.0652. The first-order valence-electron chi connectivity index (χ1n) is 9.29. The first-order chi connectivity index (χ1) is 13.4. The normalized spacial score (nSPS) is 17.3. The molecule has 0 radical (unpaired) electrons. The van der Waals surface area contributed by atoms with Gasteiger partial charge in [-0.3, -0.25) is 0 Å². The lowest BCUT2D eigenvalue weighted by atomic mass is 9.73. The van der Waals surface area contributed by atoms with Crippen molar-refractivity contribution in [2.75, 3.05) is 23.8 Å². The van der Waals surface area contributed by atoms with Gasteiger partial charge in [0.1, 0.15) is 5.82 Å². The van der Waals surface area contributed by atoms with E-state index in [-0.39, 0.29) is 5.41 Å². The van der Waals surface area contributed by atoms with Crippen LogP contribution in [0.1, 0.15) is 18.3 Å². The summed E-state index contributed by atoms with van der Waals surface area (Å²) in [5.74, 6) is 7.13. The van der Waals surface area contributed by atoms with Crippen molar-refractivity contribution in [3.63, 3.8) is 0 Å². The molecule has 6 heteroatoms. The summed E-state index contributed by atoms with van der Waals surface area (Å²) in [5.41, 5.74) is 6.29. The summed E-state index contributed by atoms with van der Waals surface area (Å²) in [5, 5.41) is 0.648. The molecule has 2 aliphatic rings. The Labute approximate surface area is 169 Å². The number of hydrogen-bond donors (Lipinski definition) is 1. The molecule has 0 amide bonds. The number of rotatable bonds is 3. The third-order valence-electron chi connectivity index (χ3n) is 6.07. The second-order valence-corrected chi connectivity index (χ2v) is 8.19. The lowest BCUT2D eigenvalue weighted by Crippen LogP contribution is -2.58. The van der Waals surface area contributed by atoms with Crippen LogP contribution in [0.5, 0.6) is 0 Å². The maximum atomic E-state index is 6.35. The largest absolute Gasteiger partial charge is 0.373 e. The van der Waals surface area contributed by atoms with E-state index < -0.39 is 0 Å². The maximum Gasteiger partial charge on any atom is 0.148 e. The number of nitrogens with zero attached hydrogens (tertiary/aromatic N) is 4. The highest BCUT2D eigenvalue weighted by Crippen LogP contribution is 2.53. The van der Waals surface area contributed by atoms with E-state index in [0.29, 0.717) is 11.6 Å². The Hall–Kier alpha value is -2.92. The van der Waals surface area contributed by atoms with Crippen molar-refractivity contribution in [2.24, 2.45) is 0 Å². The number of allylic oxidation sites excluding steroid dienone is 1. The Bertz CT molecular complexity index is 1140. The molecule has 3 aromatic rings. The minimum atomic E-state index is -0.0652. The van der Waals surface area contributed by atoms with Gasteiger partial charge in [-0.05, 0) is 36.8 Å². The van der Waals surface area contributed by atoms with Crippen LogP contribution in [0.4, 0.5) is 5.69 Å². The van der Waals surface area contributed by atoms with Crippen LogP contribution in [0.15, 0.2) is 67.0 Å². The Kier molecular flexibility index (Phi) is 3.55. The van der Waals surface area contributed by atoms with E-state index in [0.717, 1.165) is 41.3 Å². The quantitative estimate of drug-likeness (QED) is 0.685. The number of hydrogen-bond acceptors (Lipinski definition) is 4. The van der Waals surface area contributed by atoms with Gasteiger partial charge in [0.05, 0.1) is 23.0 Å². The van der Waals surface area contributed by atoms with E-state index in [2.05, 4.69) is 54.1 Å². The summed E-state index contributed by atoms with van der Waals surface area (Å²) in [4.78, 5) is 9.28.